The van der Waals surface area contributed by atoms with Crippen LogP contribution in [0.5, 0.6) is 0 Å². The van der Waals surface area contributed by atoms with E-state index in [0.29, 0.717) is 32.1 Å². The SMILES string of the molecule is [2H]C1([2H])[C@H](N(C(=O)O)C(C)(C)C)[C@@H](c2cc(F)ccc2F)OC([2H])(C(F)(F)F)C1([2H])N1Cc2cnn(S(C)(=O)=O)c2C1. The van der Waals surface area contributed by atoms with Crippen molar-refractivity contribution in [2.75, 3.05) is 6.26 Å². The number of rotatable bonds is 4. The van der Waals surface area contributed by atoms with Gasteiger partial charge in [-0.05, 0) is 45.3 Å². The predicted octanol–water partition coefficient (Wildman–Crippen LogP) is 3.89. The second-order valence-electron chi connectivity index (χ2n) is 9.87. The lowest BCUT2D eigenvalue weighted by molar-refractivity contribution is -0.277. The molecular weight excluding hydrogens is 539 g/mol. The molecule has 2 unspecified atom stereocenters. The van der Waals surface area contributed by atoms with E-state index < -0.39 is 88.7 Å². The fourth-order valence-corrected chi connectivity index (χ4v) is 5.32. The summed E-state index contributed by atoms with van der Waals surface area (Å²) in [6.07, 6.45) is -16.9. The Bertz CT molecular complexity index is 1540. The van der Waals surface area contributed by atoms with Crippen molar-refractivity contribution in [2.24, 2.45) is 0 Å². The van der Waals surface area contributed by atoms with E-state index in [1.165, 1.54) is 20.8 Å². The average molecular weight is 571 g/mol. The number of amides is 1. The number of aromatic nitrogens is 2. The molecule has 0 bridgehead atoms. The van der Waals surface area contributed by atoms with E-state index in [4.69, 9.17) is 10.2 Å². The van der Waals surface area contributed by atoms with E-state index in [-0.39, 0.29) is 11.3 Å². The van der Waals surface area contributed by atoms with Gasteiger partial charge in [-0.2, -0.15) is 22.4 Å². The minimum Gasteiger partial charge on any atom is -0.465 e. The van der Waals surface area contributed by atoms with Gasteiger partial charge in [-0.25, -0.2) is 22.0 Å². The summed E-state index contributed by atoms with van der Waals surface area (Å²) in [5, 5.41) is 13.8. The van der Waals surface area contributed by atoms with Crippen molar-refractivity contribution in [3.05, 3.63) is 52.9 Å². The summed E-state index contributed by atoms with van der Waals surface area (Å²) >= 11 is 0. The van der Waals surface area contributed by atoms with Gasteiger partial charge in [0.2, 0.25) is 0 Å². The number of ether oxygens (including phenoxy) is 1. The topological polar surface area (TPSA) is 105 Å². The quantitative estimate of drug-likeness (QED) is 0.556. The maximum Gasteiger partial charge on any atom is 0.416 e. The summed E-state index contributed by atoms with van der Waals surface area (Å²) in [5.74, 6) is -2.54. The van der Waals surface area contributed by atoms with Crippen LogP contribution in [0.1, 0.15) is 55.6 Å². The monoisotopic (exact) mass is 570 g/mol. The van der Waals surface area contributed by atoms with E-state index >= 15 is 4.39 Å². The van der Waals surface area contributed by atoms with Gasteiger partial charge in [0.1, 0.15) is 17.7 Å². The molecule has 3 heterocycles. The third-order valence-corrected chi connectivity index (χ3v) is 6.96. The third kappa shape index (κ3) is 5.23. The lowest BCUT2D eigenvalue weighted by Gasteiger charge is -2.51. The molecule has 4 atom stereocenters. The van der Waals surface area contributed by atoms with Crippen molar-refractivity contribution in [3.8, 4) is 0 Å². The number of halogens is 5. The van der Waals surface area contributed by atoms with Crippen molar-refractivity contribution in [1.29, 1.82) is 0 Å². The molecule has 2 aliphatic heterocycles. The molecule has 9 nitrogen and oxygen atoms in total. The van der Waals surface area contributed by atoms with E-state index in [9.17, 15) is 35.9 Å². The van der Waals surface area contributed by atoms with Crippen LogP contribution in [-0.2, 0) is 27.8 Å². The van der Waals surface area contributed by atoms with Gasteiger partial charge in [-0.3, -0.25) is 9.80 Å². The smallest absolute Gasteiger partial charge is 0.416 e. The Kier molecular flexibility index (Phi) is 5.75. The number of hydrogen-bond acceptors (Lipinski definition) is 6. The number of fused-ring (bicyclic) bond motifs is 1. The predicted molar refractivity (Wildman–Crippen MR) is 124 cm³/mol. The van der Waals surface area contributed by atoms with Crippen LogP contribution < -0.4 is 0 Å². The van der Waals surface area contributed by atoms with E-state index in [1.54, 1.807) is 0 Å². The second kappa shape index (κ2) is 9.45. The highest BCUT2D eigenvalue weighted by atomic mass is 32.2. The number of hydrogen-bond donors (Lipinski definition) is 1. The Morgan fingerprint density at radius 1 is 1.26 bits per heavy atom. The number of benzene rings is 1. The highest BCUT2D eigenvalue weighted by Gasteiger charge is 2.57. The maximum atomic E-state index is 15.1. The molecule has 1 amide bonds. The minimum atomic E-state index is -5.87. The zero-order valence-corrected chi connectivity index (χ0v) is 21.4. The molecule has 4 rings (SSSR count). The van der Waals surface area contributed by atoms with Crippen molar-refractivity contribution in [1.82, 2.24) is 19.0 Å². The summed E-state index contributed by atoms with van der Waals surface area (Å²) in [4.78, 5) is 13.4. The van der Waals surface area contributed by atoms with Crippen molar-refractivity contribution in [2.45, 2.75) is 76.2 Å². The molecule has 0 radical (unpaired) electrons. The van der Waals surface area contributed by atoms with Crippen molar-refractivity contribution >= 4 is 16.1 Å². The minimum absolute atomic E-state index is 0.00753. The first-order valence-electron chi connectivity index (χ1n) is 13.1. The summed E-state index contributed by atoms with van der Waals surface area (Å²) in [7, 11) is -4.09. The van der Waals surface area contributed by atoms with Crippen LogP contribution in [0.25, 0.3) is 0 Å². The van der Waals surface area contributed by atoms with E-state index in [1.807, 2.05) is 0 Å². The Morgan fingerprint density at radius 2 is 1.92 bits per heavy atom. The van der Waals surface area contributed by atoms with Crippen molar-refractivity contribution in [3.63, 3.8) is 0 Å². The van der Waals surface area contributed by atoms with Gasteiger partial charge in [0, 0.05) is 39.9 Å². The first-order valence-corrected chi connectivity index (χ1v) is 13.0. The third-order valence-electron chi connectivity index (χ3n) is 6.01. The molecule has 1 aromatic heterocycles. The van der Waals surface area contributed by atoms with Gasteiger partial charge in [0.25, 0.3) is 10.0 Å². The molecule has 38 heavy (non-hydrogen) atoms. The van der Waals surface area contributed by atoms with Crippen LogP contribution in [-0.4, -0.2) is 74.7 Å². The fraction of sp³-hybridized carbons (Fsp3) is 0.565. The highest BCUT2D eigenvalue weighted by Crippen LogP contribution is 2.46. The van der Waals surface area contributed by atoms with Crippen LogP contribution in [0.15, 0.2) is 24.4 Å². The Morgan fingerprint density at radius 3 is 2.47 bits per heavy atom. The maximum absolute atomic E-state index is 15.1. The molecule has 1 saturated heterocycles. The summed E-state index contributed by atoms with van der Waals surface area (Å²) in [6.45, 7) is 2.25. The van der Waals surface area contributed by atoms with Crippen LogP contribution in [0.4, 0.5) is 26.7 Å². The lowest BCUT2D eigenvalue weighted by atomic mass is 9.85. The average Bonchev–Trinajstić information content (AvgIpc) is 3.40. The molecule has 210 valence electrons. The van der Waals surface area contributed by atoms with Gasteiger partial charge in [-0.1, -0.05) is 0 Å². The van der Waals surface area contributed by atoms with Crippen LogP contribution >= 0.6 is 0 Å². The van der Waals surface area contributed by atoms with E-state index in [0.717, 1.165) is 12.5 Å². The van der Waals surface area contributed by atoms with Gasteiger partial charge >= 0.3 is 12.3 Å². The number of carbonyl (C=O) groups is 1. The summed E-state index contributed by atoms with van der Waals surface area (Å²) in [5.41, 5.74) is -2.81. The Hall–Kier alpha value is -2.78. The molecular formula is C23H27F5N4O5S. The number of carboxylic acid groups (broad SMARTS) is 1. The molecule has 0 aliphatic carbocycles. The molecule has 1 aromatic carbocycles. The fourth-order valence-electron chi connectivity index (χ4n) is 4.52. The van der Waals surface area contributed by atoms with Gasteiger partial charge < -0.3 is 9.84 Å². The number of nitrogens with zero attached hydrogens (tertiary/aromatic N) is 4. The summed E-state index contributed by atoms with van der Waals surface area (Å²) < 4.78 is 140. The van der Waals surface area contributed by atoms with Crippen LogP contribution in [0, 0.1) is 11.6 Å². The molecule has 0 spiro atoms. The molecule has 15 heteroatoms. The zero-order valence-electron chi connectivity index (χ0n) is 24.5. The van der Waals surface area contributed by atoms with Crippen LogP contribution in [0.3, 0.4) is 0 Å². The molecule has 0 saturated carbocycles. The normalized spacial score (nSPS) is 31.6. The Balaban J connectivity index is 2.04. The standard InChI is InChI=1S/C23H27F5N4O5S/c1-22(2,3)31(21(33)34)16-8-17(30-10-12-9-29-32(18(12)11-30)38(4,35)36)20(23(26,27)28)37-19(16)14-7-13(24)5-6-15(14)25/h5-7,9,16-17,19-20H,8,10-11H2,1-4H3,(H,33,34)/t16-,17?,19+,20?/m0/s1/i8D2,17D,20D. The molecule has 1 N–H and O–H groups in total. The summed E-state index contributed by atoms with van der Waals surface area (Å²) in [6, 6.07) is -4.75. The first-order chi connectivity index (χ1) is 18.9. The van der Waals surface area contributed by atoms with Gasteiger partial charge in [0.05, 0.1) is 25.6 Å². The lowest BCUT2D eigenvalue weighted by Crippen LogP contribution is -2.63. The zero-order chi connectivity index (χ0) is 32.0. The number of alkyl halides is 3. The highest BCUT2D eigenvalue weighted by molar-refractivity contribution is 7.89. The first kappa shape index (κ1) is 23.1. The second-order valence-corrected chi connectivity index (χ2v) is 11.7. The Labute approximate surface area is 221 Å². The van der Waals surface area contributed by atoms with Crippen molar-refractivity contribution < 1.29 is 50.5 Å². The molecule has 2 aliphatic rings. The van der Waals surface area contributed by atoms with E-state index in [2.05, 4.69) is 5.10 Å². The largest absolute Gasteiger partial charge is 0.465 e. The molecule has 2 aromatic rings. The van der Waals surface area contributed by atoms with Gasteiger partial charge in [0.15, 0.2) is 6.08 Å². The molecule has 1 fully saturated rings. The van der Waals surface area contributed by atoms with Crippen LogP contribution in [0.2, 0.25) is 0 Å². The van der Waals surface area contributed by atoms with Gasteiger partial charge in [-0.15, -0.1) is 0 Å².